The number of hydrogen-bond donors (Lipinski definition) is 0. The molecular formula is C14H9F6N3O. The van der Waals surface area contributed by atoms with Gasteiger partial charge in [0.2, 0.25) is 5.82 Å². The summed E-state index contributed by atoms with van der Waals surface area (Å²) in [5.74, 6) is -1.35. The number of aromatic nitrogens is 3. The van der Waals surface area contributed by atoms with Crippen molar-refractivity contribution < 1.29 is 31.1 Å². The standard InChI is InChI=1S/C14H9F6N3O/c15-13(16,17)12-22-21-11-6-3-9(7-23(11)12)8-1-4-10(5-2-8)24-14(18,19)20/h1-2,4-5,7H,3,6H2. The first-order chi connectivity index (χ1) is 11.1. The summed E-state index contributed by atoms with van der Waals surface area (Å²) in [4.78, 5) is 0. The summed E-state index contributed by atoms with van der Waals surface area (Å²) in [6.07, 6.45) is -7.55. The van der Waals surface area contributed by atoms with E-state index in [9.17, 15) is 26.3 Å². The van der Waals surface area contributed by atoms with Crippen LogP contribution in [0.25, 0.3) is 11.8 Å². The molecule has 0 bridgehead atoms. The zero-order valence-electron chi connectivity index (χ0n) is 11.8. The third-order valence-electron chi connectivity index (χ3n) is 3.38. The Bertz CT molecular complexity index is 773. The van der Waals surface area contributed by atoms with Gasteiger partial charge in [-0.2, -0.15) is 13.2 Å². The molecule has 0 saturated heterocycles. The van der Waals surface area contributed by atoms with Crippen LogP contribution >= 0.6 is 0 Å². The summed E-state index contributed by atoms with van der Waals surface area (Å²) in [6, 6.07) is 4.93. The molecule has 1 aliphatic heterocycles. The van der Waals surface area contributed by atoms with E-state index in [1.54, 1.807) is 0 Å². The Morgan fingerprint density at radius 1 is 0.917 bits per heavy atom. The Morgan fingerprint density at radius 2 is 1.58 bits per heavy atom. The van der Waals surface area contributed by atoms with E-state index in [-0.39, 0.29) is 12.2 Å². The van der Waals surface area contributed by atoms with Gasteiger partial charge in [-0.15, -0.1) is 23.4 Å². The molecule has 3 rings (SSSR count). The third kappa shape index (κ3) is 3.36. The third-order valence-corrected chi connectivity index (χ3v) is 3.38. The van der Waals surface area contributed by atoms with Gasteiger partial charge in [-0.3, -0.25) is 4.57 Å². The highest BCUT2D eigenvalue weighted by Gasteiger charge is 2.38. The lowest BCUT2D eigenvalue weighted by Crippen LogP contribution is -2.17. The molecule has 128 valence electrons. The van der Waals surface area contributed by atoms with Crippen LogP contribution in [0.1, 0.15) is 23.6 Å². The first kappa shape index (κ1) is 16.3. The number of alkyl halides is 6. The molecule has 0 saturated carbocycles. The maximum Gasteiger partial charge on any atom is 0.573 e. The highest BCUT2D eigenvalue weighted by atomic mass is 19.4. The fourth-order valence-corrected chi connectivity index (χ4v) is 2.38. The summed E-state index contributed by atoms with van der Waals surface area (Å²) in [7, 11) is 0. The fraction of sp³-hybridized carbons (Fsp3) is 0.286. The summed E-state index contributed by atoms with van der Waals surface area (Å²) in [5.41, 5.74) is 1.03. The van der Waals surface area contributed by atoms with Crippen LogP contribution in [0.15, 0.2) is 24.3 Å². The predicted molar refractivity (Wildman–Crippen MR) is 70.6 cm³/mol. The minimum atomic E-state index is -4.80. The number of ether oxygens (including phenoxy) is 1. The molecule has 0 amide bonds. The van der Waals surface area contributed by atoms with Crippen molar-refractivity contribution in [2.75, 3.05) is 0 Å². The summed E-state index contributed by atoms with van der Waals surface area (Å²) < 4.78 is 79.6. The van der Waals surface area contributed by atoms with Crippen molar-refractivity contribution in [1.29, 1.82) is 0 Å². The topological polar surface area (TPSA) is 39.9 Å². The van der Waals surface area contributed by atoms with Gasteiger partial charge < -0.3 is 4.74 Å². The van der Waals surface area contributed by atoms with Gasteiger partial charge in [-0.05, 0) is 29.7 Å². The van der Waals surface area contributed by atoms with E-state index in [0.717, 1.165) is 16.7 Å². The van der Waals surface area contributed by atoms with Gasteiger partial charge in [0.25, 0.3) is 0 Å². The molecule has 2 heterocycles. The number of halogens is 6. The van der Waals surface area contributed by atoms with Gasteiger partial charge in [0, 0.05) is 12.6 Å². The van der Waals surface area contributed by atoms with Crippen molar-refractivity contribution in [2.24, 2.45) is 0 Å². The van der Waals surface area contributed by atoms with E-state index in [0.29, 0.717) is 17.6 Å². The second kappa shape index (κ2) is 5.53. The van der Waals surface area contributed by atoms with E-state index < -0.39 is 24.1 Å². The molecule has 0 N–H and O–H groups in total. The maximum absolute atomic E-state index is 12.9. The Morgan fingerprint density at radius 3 is 2.17 bits per heavy atom. The van der Waals surface area contributed by atoms with Crippen LogP contribution in [0.4, 0.5) is 26.3 Å². The molecule has 0 aliphatic carbocycles. The van der Waals surface area contributed by atoms with Gasteiger partial charge in [0.15, 0.2) is 0 Å². The molecule has 4 nitrogen and oxygen atoms in total. The zero-order valence-corrected chi connectivity index (χ0v) is 11.8. The molecule has 0 unspecified atom stereocenters. The van der Waals surface area contributed by atoms with Crippen LogP contribution in [0.5, 0.6) is 5.75 Å². The van der Waals surface area contributed by atoms with E-state index in [2.05, 4.69) is 14.9 Å². The zero-order chi connectivity index (χ0) is 17.5. The number of hydrogen-bond acceptors (Lipinski definition) is 3. The minimum absolute atomic E-state index is 0.183. The lowest BCUT2D eigenvalue weighted by molar-refractivity contribution is -0.274. The van der Waals surface area contributed by atoms with E-state index >= 15 is 0 Å². The number of rotatable bonds is 2. The maximum atomic E-state index is 12.9. The molecule has 2 aromatic rings. The summed E-state index contributed by atoms with van der Waals surface area (Å²) >= 11 is 0. The molecule has 0 fully saturated rings. The quantitative estimate of drug-likeness (QED) is 0.765. The average molecular weight is 349 g/mol. The second-order valence-electron chi connectivity index (χ2n) is 5.03. The van der Waals surface area contributed by atoms with Crippen LogP contribution < -0.4 is 4.74 Å². The average Bonchev–Trinajstić information content (AvgIpc) is 2.89. The van der Waals surface area contributed by atoms with Crippen LogP contribution in [0, 0.1) is 0 Å². The van der Waals surface area contributed by atoms with Crippen molar-refractivity contribution in [3.05, 3.63) is 41.5 Å². The smallest absolute Gasteiger partial charge is 0.406 e. The van der Waals surface area contributed by atoms with Crippen molar-refractivity contribution in [3.8, 4) is 5.75 Å². The monoisotopic (exact) mass is 349 g/mol. The van der Waals surface area contributed by atoms with E-state index in [1.807, 2.05) is 0 Å². The normalized spacial score (nSPS) is 15.0. The van der Waals surface area contributed by atoms with E-state index in [1.165, 1.54) is 18.3 Å². The lowest BCUT2D eigenvalue weighted by Gasteiger charge is -2.17. The first-order valence-electron chi connectivity index (χ1n) is 6.71. The molecule has 0 atom stereocenters. The van der Waals surface area contributed by atoms with Gasteiger partial charge in [-0.1, -0.05) is 12.1 Å². The second-order valence-corrected chi connectivity index (χ2v) is 5.03. The van der Waals surface area contributed by atoms with Crippen molar-refractivity contribution in [1.82, 2.24) is 14.8 Å². The Labute approximate surface area is 131 Å². The van der Waals surface area contributed by atoms with Gasteiger partial charge >= 0.3 is 12.5 Å². The summed E-state index contributed by atoms with van der Waals surface area (Å²) in [5, 5.41) is 6.66. The lowest BCUT2D eigenvalue weighted by atomic mass is 10.00. The first-order valence-corrected chi connectivity index (χ1v) is 6.71. The highest BCUT2D eigenvalue weighted by Crippen LogP contribution is 2.33. The molecular weight excluding hydrogens is 340 g/mol. The number of nitrogens with zero attached hydrogens (tertiary/aromatic N) is 3. The molecule has 1 aliphatic rings. The minimum Gasteiger partial charge on any atom is -0.406 e. The molecule has 24 heavy (non-hydrogen) atoms. The molecule has 0 radical (unpaired) electrons. The van der Waals surface area contributed by atoms with Gasteiger partial charge in [0.1, 0.15) is 11.6 Å². The largest absolute Gasteiger partial charge is 0.573 e. The van der Waals surface area contributed by atoms with Crippen LogP contribution in [-0.2, 0) is 12.6 Å². The molecule has 1 aromatic heterocycles. The van der Waals surface area contributed by atoms with Crippen LogP contribution in [0.3, 0.4) is 0 Å². The van der Waals surface area contributed by atoms with Crippen molar-refractivity contribution in [2.45, 2.75) is 25.4 Å². The fourth-order valence-electron chi connectivity index (χ4n) is 2.38. The van der Waals surface area contributed by atoms with Crippen LogP contribution in [0.2, 0.25) is 0 Å². The molecule has 1 aromatic carbocycles. The van der Waals surface area contributed by atoms with E-state index in [4.69, 9.17) is 0 Å². The Balaban J connectivity index is 1.90. The summed E-state index contributed by atoms with van der Waals surface area (Å²) in [6.45, 7) is 0. The Hall–Kier alpha value is -2.52. The van der Waals surface area contributed by atoms with Crippen molar-refractivity contribution in [3.63, 3.8) is 0 Å². The number of allylic oxidation sites excluding steroid dienone is 1. The highest BCUT2D eigenvalue weighted by molar-refractivity contribution is 5.77. The number of benzene rings is 1. The van der Waals surface area contributed by atoms with Gasteiger partial charge in [-0.25, -0.2) is 0 Å². The molecule has 10 heteroatoms. The van der Waals surface area contributed by atoms with Crippen LogP contribution in [-0.4, -0.2) is 21.1 Å². The van der Waals surface area contributed by atoms with Gasteiger partial charge in [0.05, 0.1) is 0 Å². The Kier molecular flexibility index (Phi) is 3.77. The SMILES string of the molecule is FC(F)(F)Oc1ccc(C2=Cn3c(nnc3C(F)(F)F)CC2)cc1. The predicted octanol–water partition coefficient (Wildman–Crippen LogP) is 4.14. The number of aryl methyl sites for hydroxylation is 1. The van der Waals surface area contributed by atoms with Crippen molar-refractivity contribution >= 4 is 11.8 Å². The molecule has 0 spiro atoms. The number of fused-ring (bicyclic) bond motifs is 1.